The first kappa shape index (κ1) is 28.0. The van der Waals surface area contributed by atoms with Crippen LogP contribution in [-0.2, 0) is 6.61 Å². The minimum atomic E-state index is 0.557. The molecular formula is C32H32Cl2N2O. The number of halogens is 2. The van der Waals surface area contributed by atoms with Gasteiger partial charge in [-0.05, 0) is 70.3 Å². The average Bonchev–Trinajstić information content (AvgIpc) is 3.41. The van der Waals surface area contributed by atoms with Crippen molar-refractivity contribution in [3.63, 3.8) is 0 Å². The molecule has 0 saturated carbocycles. The van der Waals surface area contributed by atoms with Crippen LogP contribution in [0.1, 0.15) is 49.8 Å². The van der Waals surface area contributed by atoms with Crippen LogP contribution in [0.2, 0.25) is 0 Å². The molecule has 0 aliphatic rings. The molecule has 0 spiro atoms. The molecule has 0 bridgehead atoms. The number of H-pyrrole nitrogens is 1. The Morgan fingerprint density at radius 2 is 1.70 bits per heavy atom. The number of benzene rings is 3. The fraction of sp³-hybridized carbons (Fsp3) is 0.156. The van der Waals surface area contributed by atoms with Crippen LogP contribution in [0.3, 0.4) is 0 Å². The summed E-state index contributed by atoms with van der Waals surface area (Å²) in [5.41, 5.74) is 5.71. The van der Waals surface area contributed by atoms with Crippen molar-refractivity contribution in [2.45, 2.75) is 33.8 Å². The van der Waals surface area contributed by atoms with E-state index in [1.54, 1.807) is 6.08 Å². The lowest BCUT2D eigenvalue weighted by molar-refractivity contribution is 0.306. The molecule has 0 aliphatic carbocycles. The first-order valence-corrected chi connectivity index (χ1v) is 13.2. The molecule has 0 fully saturated rings. The van der Waals surface area contributed by atoms with Gasteiger partial charge in [-0.3, -0.25) is 0 Å². The van der Waals surface area contributed by atoms with Crippen LogP contribution in [0.15, 0.2) is 102 Å². The van der Waals surface area contributed by atoms with Crippen LogP contribution >= 0.6 is 23.2 Å². The van der Waals surface area contributed by atoms with E-state index in [1.807, 2.05) is 62.5 Å². The van der Waals surface area contributed by atoms with Crippen LogP contribution in [0.5, 0.6) is 5.75 Å². The van der Waals surface area contributed by atoms with Gasteiger partial charge in [0, 0.05) is 10.6 Å². The lowest BCUT2D eigenvalue weighted by atomic mass is 10.1. The zero-order valence-electron chi connectivity index (χ0n) is 21.4. The number of hydrogen-bond donors (Lipinski definition) is 1. The molecule has 1 aromatic heterocycles. The Hall–Kier alpha value is -3.53. The number of aromatic nitrogens is 2. The molecule has 5 heteroatoms. The number of imidazole rings is 1. The van der Waals surface area contributed by atoms with Gasteiger partial charge in [0.25, 0.3) is 0 Å². The minimum absolute atomic E-state index is 0.557. The Morgan fingerprint density at radius 1 is 0.946 bits per heavy atom. The molecule has 0 amide bonds. The molecule has 37 heavy (non-hydrogen) atoms. The van der Waals surface area contributed by atoms with Crippen molar-refractivity contribution in [2.75, 3.05) is 0 Å². The molecule has 0 atom stereocenters. The van der Waals surface area contributed by atoms with Crippen molar-refractivity contribution in [1.82, 2.24) is 9.97 Å². The van der Waals surface area contributed by atoms with Crippen molar-refractivity contribution in [3.8, 4) is 5.75 Å². The van der Waals surface area contributed by atoms with Gasteiger partial charge < -0.3 is 9.72 Å². The van der Waals surface area contributed by atoms with Crippen molar-refractivity contribution in [1.29, 1.82) is 0 Å². The predicted molar refractivity (Wildman–Crippen MR) is 161 cm³/mol. The summed E-state index contributed by atoms with van der Waals surface area (Å²) in [6.07, 6.45) is 12.2. The Labute approximate surface area is 229 Å². The maximum absolute atomic E-state index is 6.08. The van der Waals surface area contributed by atoms with E-state index < -0.39 is 0 Å². The van der Waals surface area contributed by atoms with Crippen LogP contribution < -0.4 is 4.74 Å². The van der Waals surface area contributed by atoms with Gasteiger partial charge >= 0.3 is 0 Å². The third-order valence-corrected chi connectivity index (χ3v) is 5.88. The fourth-order valence-corrected chi connectivity index (χ4v) is 3.96. The standard InChI is InChI=1S/C30H26Cl2N2O.C2H6/c1-2-24(11-13-27(32)16-17-31)29-20-33-30(34-29)15-9-22-8-10-26-19-28(14-12-25(26)18-22)35-21-23-6-4-3-5-7-23;1-2/h3-20H,2,21H2,1H3,(H,33,34);1-2H3/b15-9+,17-16+,24-11+,27-13+;. The average molecular weight is 532 g/mol. The zero-order chi connectivity index (χ0) is 26.5. The van der Waals surface area contributed by atoms with E-state index in [9.17, 15) is 0 Å². The highest BCUT2D eigenvalue weighted by Gasteiger charge is 2.03. The van der Waals surface area contributed by atoms with E-state index >= 15 is 0 Å². The maximum Gasteiger partial charge on any atom is 0.130 e. The van der Waals surface area contributed by atoms with Crippen LogP contribution in [-0.4, -0.2) is 9.97 Å². The van der Waals surface area contributed by atoms with E-state index in [1.165, 1.54) is 5.54 Å². The van der Waals surface area contributed by atoms with Gasteiger partial charge in [0.05, 0.1) is 11.9 Å². The molecule has 190 valence electrons. The molecule has 4 rings (SSSR count). The predicted octanol–water partition coefficient (Wildman–Crippen LogP) is 10.0. The Bertz CT molecular complexity index is 1400. The van der Waals surface area contributed by atoms with Crippen molar-refractivity contribution >= 4 is 51.7 Å². The molecule has 0 unspecified atom stereocenters. The topological polar surface area (TPSA) is 37.9 Å². The number of ether oxygens (including phenoxy) is 1. The van der Waals surface area contributed by atoms with E-state index in [0.29, 0.717) is 11.6 Å². The van der Waals surface area contributed by atoms with Gasteiger partial charge in [0.15, 0.2) is 0 Å². The van der Waals surface area contributed by atoms with Crippen LogP contribution in [0, 0.1) is 0 Å². The van der Waals surface area contributed by atoms with Gasteiger partial charge in [0.1, 0.15) is 18.2 Å². The number of fused-ring (bicyclic) bond motifs is 1. The van der Waals surface area contributed by atoms with Crippen LogP contribution in [0.25, 0.3) is 28.5 Å². The van der Waals surface area contributed by atoms with Gasteiger partial charge in [-0.2, -0.15) is 0 Å². The summed E-state index contributed by atoms with van der Waals surface area (Å²) in [5.74, 6) is 1.65. The summed E-state index contributed by atoms with van der Waals surface area (Å²) in [6, 6.07) is 22.7. The Morgan fingerprint density at radius 3 is 2.46 bits per heavy atom. The fourth-order valence-electron chi connectivity index (χ4n) is 3.63. The van der Waals surface area contributed by atoms with E-state index in [0.717, 1.165) is 51.2 Å². The molecule has 0 aliphatic heterocycles. The Kier molecular flexibility index (Phi) is 11.3. The quantitative estimate of drug-likeness (QED) is 0.218. The highest BCUT2D eigenvalue weighted by atomic mass is 35.5. The molecular weight excluding hydrogens is 499 g/mol. The van der Waals surface area contributed by atoms with E-state index in [4.69, 9.17) is 27.9 Å². The third kappa shape index (κ3) is 8.52. The second kappa shape index (κ2) is 14.9. The Balaban J connectivity index is 0.00000186. The second-order valence-electron chi connectivity index (χ2n) is 7.95. The smallest absolute Gasteiger partial charge is 0.130 e. The molecule has 1 N–H and O–H groups in total. The number of rotatable bonds is 9. The number of nitrogens with one attached hydrogen (secondary N) is 1. The highest BCUT2D eigenvalue weighted by molar-refractivity contribution is 6.33. The van der Waals surface area contributed by atoms with Gasteiger partial charge in [-0.15, -0.1) is 0 Å². The summed E-state index contributed by atoms with van der Waals surface area (Å²) < 4.78 is 5.96. The van der Waals surface area contributed by atoms with E-state index in [-0.39, 0.29) is 0 Å². The lowest BCUT2D eigenvalue weighted by Gasteiger charge is -2.08. The number of allylic oxidation sites excluding steroid dienone is 5. The summed E-state index contributed by atoms with van der Waals surface area (Å²) in [7, 11) is 0. The van der Waals surface area contributed by atoms with Crippen molar-refractivity contribution in [2.24, 2.45) is 0 Å². The third-order valence-electron chi connectivity index (χ3n) is 5.51. The number of aromatic amines is 1. The van der Waals surface area contributed by atoms with Crippen molar-refractivity contribution < 1.29 is 4.74 Å². The van der Waals surface area contributed by atoms with Gasteiger partial charge in [-0.1, -0.05) is 105 Å². The zero-order valence-corrected chi connectivity index (χ0v) is 22.9. The SMILES string of the molecule is CC.CC\C(=C/C=C(Cl)\C=C\Cl)c1cnc(/C=C/c2ccc3cc(OCc4ccccc4)ccc3c2)[nH]1. The summed E-state index contributed by atoms with van der Waals surface area (Å²) in [4.78, 5) is 7.86. The largest absolute Gasteiger partial charge is 0.489 e. The lowest BCUT2D eigenvalue weighted by Crippen LogP contribution is -1.94. The molecule has 1 heterocycles. The first-order chi connectivity index (χ1) is 18.1. The molecule has 4 aromatic rings. The summed E-state index contributed by atoms with van der Waals surface area (Å²) in [5, 5.41) is 2.86. The highest BCUT2D eigenvalue weighted by Crippen LogP contribution is 2.24. The number of hydrogen-bond acceptors (Lipinski definition) is 2. The van der Waals surface area contributed by atoms with Crippen LogP contribution in [0.4, 0.5) is 0 Å². The minimum Gasteiger partial charge on any atom is -0.489 e. The second-order valence-corrected chi connectivity index (χ2v) is 8.64. The number of nitrogens with zero attached hydrogens (tertiary/aromatic N) is 1. The monoisotopic (exact) mass is 530 g/mol. The van der Waals surface area contributed by atoms with Gasteiger partial charge in [-0.25, -0.2) is 4.98 Å². The van der Waals surface area contributed by atoms with E-state index in [2.05, 4.69) is 65.4 Å². The molecule has 0 radical (unpaired) electrons. The summed E-state index contributed by atoms with van der Waals surface area (Å²) in [6.45, 7) is 6.65. The molecule has 3 aromatic carbocycles. The summed E-state index contributed by atoms with van der Waals surface area (Å²) >= 11 is 11.7. The van der Waals surface area contributed by atoms with Crippen molar-refractivity contribution in [3.05, 3.63) is 124 Å². The maximum atomic E-state index is 6.08. The molecule has 3 nitrogen and oxygen atoms in total. The van der Waals surface area contributed by atoms with Gasteiger partial charge in [0.2, 0.25) is 0 Å². The molecule has 0 saturated heterocycles. The normalized spacial score (nSPS) is 12.2. The first-order valence-electron chi connectivity index (χ1n) is 12.4.